The van der Waals surface area contributed by atoms with Crippen LogP contribution < -0.4 is 5.73 Å². The maximum absolute atomic E-state index is 5.58. The molecule has 1 rings (SSSR count). The first-order valence-electron chi connectivity index (χ1n) is 4.64. The largest absolute Gasteiger partial charge is 0.392 e. The highest BCUT2D eigenvalue weighted by Crippen LogP contribution is 2.05. The van der Waals surface area contributed by atoms with Gasteiger partial charge in [0.25, 0.3) is 0 Å². The number of nitrogens with two attached hydrogens (primary N) is 1. The Hall–Kier alpha value is -0.930. The molecule has 0 heterocycles. The van der Waals surface area contributed by atoms with Gasteiger partial charge in [-0.1, -0.05) is 42.5 Å². The second-order valence-corrected chi connectivity index (χ2v) is 3.95. The quantitative estimate of drug-likeness (QED) is 0.765. The highest BCUT2D eigenvalue weighted by Gasteiger charge is 2.11. The lowest BCUT2D eigenvalue weighted by molar-refractivity contribution is 0.304. The van der Waals surface area contributed by atoms with Crippen LogP contribution >= 0.6 is 12.2 Å². The van der Waals surface area contributed by atoms with E-state index in [1.54, 1.807) is 0 Å². The van der Waals surface area contributed by atoms with Gasteiger partial charge in [-0.15, -0.1) is 0 Å². The van der Waals surface area contributed by atoms with Crippen molar-refractivity contribution in [3.63, 3.8) is 0 Å². The van der Waals surface area contributed by atoms with E-state index >= 15 is 0 Å². The van der Waals surface area contributed by atoms with E-state index in [0.717, 1.165) is 6.54 Å². The Kier molecular flexibility index (Phi) is 4.04. The Morgan fingerprint density at radius 2 is 2.00 bits per heavy atom. The molecule has 2 nitrogen and oxygen atoms in total. The summed E-state index contributed by atoms with van der Waals surface area (Å²) >= 11 is 4.95. The summed E-state index contributed by atoms with van der Waals surface area (Å²) in [4.78, 5) is 2.68. The third kappa shape index (κ3) is 3.09. The number of benzene rings is 1. The van der Waals surface area contributed by atoms with Crippen molar-refractivity contribution < 1.29 is 0 Å². The average molecular weight is 208 g/mol. The van der Waals surface area contributed by atoms with Crippen LogP contribution in [0.5, 0.6) is 0 Å². The minimum atomic E-state index is 0.144. The summed E-state index contributed by atoms with van der Waals surface area (Å²) in [6.07, 6.45) is 0. The molecular weight excluding hydrogens is 192 g/mol. The van der Waals surface area contributed by atoms with Crippen LogP contribution in [-0.2, 0) is 6.54 Å². The maximum Gasteiger partial charge on any atom is 0.0899 e. The minimum Gasteiger partial charge on any atom is -0.392 e. The molecule has 0 aliphatic heterocycles. The van der Waals surface area contributed by atoms with Crippen molar-refractivity contribution in [3.05, 3.63) is 35.9 Å². The Balaban J connectivity index is 2.57. The molecule has 1 aromatic carbocycles. The van der Waals surface area contributed by atoms with Gasteiger partial charge >= 0.3 is 0 Å². The average Bonchev–Trinajstić information content (AvgIpc) is 2.18. The Bertz CT molecular complexity index is 297. The van der Waals surface area contributed by atoms with E-state index < -0.39 is 0 Å². The zero-order valence-electron chi connectivity index (χ0n) is 8.60. The van der Waals surface area contributed by atoms with Gasteiger partial charge in [0.05, 0.1) is 11.0 Å². The number of hydrogen-bond acceptors (Lipinski definition) is 2. The van der Waals surface area contributed by atoms with E-state index in [1.807, 2.05) is 32.2 Å². The minimum absolute atomic E-state index is 0.144. The van der Waals surface area contributed by atoms with E-state index in [9.17, 15) is 0 Å². The Labute approximate surface area is 90.7 Å². The number of likely N-dealkylation sites (N-methyl/N-ethyl adjacent to an activating group) is 1. The highest BCUT2D eigenvalue weighted by atomic mass is 32.1. The first-order chi connectivity index (χ1) is 6.61. The van der Waals surface area contributed by atoms with E-state index in [4.69, 9.17) is 18.0 Å². The molecule has 0 bridgehead atoms. The van der Waals surface area contributed by atoms with Gasteiger partial charge in [0.1, 0.15) is 0 Å². The number of hydrogen-bond donors (Lipinski definition) is 1. The lowest BCUT2D eigenvalue weighted by Crippen LogP contribution is -2.38. The van der Waals surface area contributed by atoms with E-state index in [1.165, 1.54) is 5.56 Å². The zero-order valence-corrected chi connectivity index (χ0v) is 9.42. The second-order valence-electron chi connectivity index (χ2n) is 3.48. The van der Waals surface area contributed by atoms with Crippen molar-refractivity contribution >= 4 is 17.2 Å². The molecule has 0 saturated carbocycles. The zero-order chi connectivity index (χ0) is 10.6. The standard InChI is InChI=1S/C11H16N2S/c1-9(11(12)14)13(2)8-10-6-4-3-5-7-10/h3-7,9H,8H2,1-2H3,(H2,12,14). The smallest absolute Gasteiger partial charge is 0.0899 e. The fraction of sp³-hybridized carbons (Fsp3) is 0.364. The van der Waals surface area contributed by atoms with Crippen LogP contribution in [0.3, 0.4) is 0 Å². The molecule has 0 aliphatic rings. The third-order valence-corrected chi connectivity index (χ3v) is 2.69. The summed E-state index contributed by atoms with van der Waals surface area (Å²) < 4.78 is 0. The molecule has 0 aromatic heterocycles. The van der Waals surface area contributed by atoms with Crippen molar-refractivity contribution in [3.8, 4) is 0 Å². The summed E-state index contributed by atoms with van der Waals surface area (Å²) in [5.74, 6) is 0. The molecular formula is C11H16N2S. The van der Waals surface area contributed by atoms with Gasteiger partial charge in [-0.3, -0.25) is 4.90 Å². The van der Waals surface area contributed by atoms with E-state index in [2.05, 4.69) is 17.0 Å². The predicted molar refractivity (Wildman–Crippen MR) is 64.2 cm³/mol. The van der Waals surface area contributed by atoms with Crippen LogP contribution in [0.15, 0.2) is 30.3 Å². The molecule has 2 N–H and O–H groups in total. The van der Waals surface area contributed by atoms with Crippen molar-refractivity contribution in [2.45, 2.75) is 19.5 Å². The van der Waals surface area contributed by atoms with Crippen LogP contribution in [0.4, 0.5) is 0 Å². The van der Waals surface area contributed by atoms with Gasteiger partial charge < -0.3 is 5.73 Å². The molecule has 0 aliphatic carbocycles. The van der Waals surface area contributed by atoms with E-state index in [-0.39, 0.29) is 6.04 Å². The van der Waals surface area contributed by atoms with Crippen LogP contribution in [-0.4, -0.2) is 23.0 Å². The van der Waals surface area contributed by atoms with Crippen molar-refractivity contribution in [1.29, 1.82) is 0 Å². The van der Waals surface area contributed by atoms with Crippen molar-refractivity contribution in [2.24, 2.45) is 5.73 Å². The Morgan fingerprint density at radius 1 is 1.43 bits per heavy atom. The van der Waals surface area contributed by atoms with Gasteiger partial charge in [-0.25, -0.2) is 0 Å². The number of rotatable bonds is 4. The lowest BCUT2D eigenvalue weighted by Gasteiger charge is -2.23. The maximum atomic E-state index is 5.58. The summed E-state index contributed by atoms with van der Waals surface area (Å²) in [7, 11) is 2.02. The molecule has 0 amide bonds. The van der Waals surface area contributed by atoms with Crippen LogP contribution in [0.2, 0.25) is 0 Å². The molecule has 1 atom stereocenters. The number of thiocarbonyl (C=S) groups is 1. The molecule has 3 heteroatoms. The number of nitrogens with zero attached hydrogens (tertiary/aromatic N) is 1. The van der Waals surface area contributed by atoms with Crippen molar-refractivity contribution in [2.75, 3.05) is 7.05 Å². The summed E-state index contributed by atoms with van der Waals surface area (Å²) in [5.41, 5.74) is 6.86. The first kappa shape index (κ1) is 11.1. The molecule has 0 spiro atoms. The molecule has 0 fully saturated rings. The molecule has 0 radical (unpaired) electrons. The highest BCUT2D eigenvalue weighted by molar-refractivity contribution is 7.80. The Morgan fingerprint density at radius 3 is 2.50 bits per heavy atom. The van der Waals surface area contributed by atoms with Gasteiger partial charge in [0, 0.05) is 6.54 Å². The van der Waals surface area contributed by atoms with Crippen LogP contribution in [0, 0.1) is 0 Å². The SMILES string of the molecule is CC(C(N)=S)N(C)Cc1ccccc1. The summed E-state index contributed by atoms with van der Waals surface area (Å²) in [5, 5.41) is 0. The van der Waals surface area contributed by atoms with Gasteiger partial charge in [-0.05, 0) is 19.5 Å². The van der Waals surface area contributed by atoms with Gasteiger partial charge in [-0.2, -0.15) is 0 Å². The lowest BCUT2D eigenvalue weighted by atomic mass is 10.2. The summed E-state index contributed by atoms with van der Waals surface area (Å²) in [6, 6.07) is 10.4. The fourth-order valence-corrected chi connectivity index (χ4v) is 1.41. The van der Waals surface area contributed by atoms with Crippen molar-refractivity contribution in [1.82, 2.24) is 4.90 Å². The summed E-state index contributed by atoms with van der Waals surface area (Å²) in [6.45, 7) is 2.89. The third-order valence-electron chi connectivity index (χ3n) is 2.35. The monoisotopic (exact) mass is 208 g/mol. The molecule has 14 heavy (non-hydrogen) atoms. The molecule has 0 saturated heterocycles. The van der Waals surface area contributed by atoms with Gasteiger partial charge in [0.2, 0.25) is 0 Å². The molecule has 76 valence electrons. The predicted octanol–water partition coefficient (Wildman–Crippen LogP) is 1.79. The topological polar surface area (TPSA) is 29.3 Å². The van der Waals surface area contributed by atoms with E-state index in [0.29, 0.717) is 4.99 Å². The normalized spacial score (nSPS) is 12.8. The fourth-order valence-electron chi connectivity index (χ4n) is 1.23. The van der Waals surface area contributed by atoms with Crippen LogP contribution in [0.25, 0.3) is 0 Å². The second kappa shape index (κ2) is 5.08. The van der Waals surface area contributed by atoms with Crippen LogP contribution in [0.1, 0.15) is 12.5 Å². The van der Waals surface area contributed by atoms with Gasteiger partial charge in [0.15, 0.2) is 0 Å². The molecule has 1 aromatic rings. The first-order valence-corrected chi connectivity index (χ1v) is 5.05. The molecule has 1 unspecified atom stereocenters.